The van der Waals surface area contributed by atoms with Gasteiger partial charge in [0.1, 0.15) is 15.7 Å². The lowest BCUT2D eigenvalue weighted by atomic mass is 10.1. The van der Waals surface area contributed by atoms with Gasteiger partial charge in [-0.05, 0) is 12.1 Å². The Balaban J connectivity index is 1.57. The summed E-state index contributed by atoms with van der Waals surface area (Å²) in [5, 5.41) is 0.820. The number of carbonyl (C=O) groups is 1. The highest BCUT2D eigenvalue weighted by Gasteiger charge is 2.39. The molecule has 5 rings (SSSR count). The monoisotopic (exact) mass is 393 g/mol. The number of rotatable bonds is 2. The number of nitrogens with zero attached hydrogens (tertiary/aromatic N) is 1. The lowest BCUT2D eigenvalue weighted by molar-refractivity contribution is 0.104. The number of furan rings is 1. The maximum absolute atomic E-state index is 12.6. The summed E-state index contributed by atoms with van der Waals surface area (Å²) in [4.78, 5) is 16.7. The Morgan fingerprint density at radius 3 is 2.48 bits per heavy atom. The van der Waals surface area contributed by atoms with E-state index in [2.05, 4.69) is 4.98 Å². The highest BCUT2D eigenvalue weighted by Crippen LogP contribution is 2.37. The van der Waals surface area contributed by atoms with Crippen LogP contribution in [0.2, 0.25) is 0 Å². The lowest BCUT2D eigenvalue weighted by Crippen LogP contribution is -2.01. The first-order valence-electron chi connectivity index (χ1n) is 8.10. The van der Waals surface area contributed by atoms with Gasteiger partial charge in [-0.1, -0.05) is 42.5 Å². The van der Waals surface area contributed by atoms with Gasteiger partial charge in [-0.25, -0.2) is 13.4 Å². The van der Waals surface area contributed by atoms with Crippen molar-refractivity contribution in [2.45, 2.75) is 4.90 Å². The number of carbonyl (C=O) groups excluding carboxylic acids is 1. The summed E-state index contributed by atoms with van der Waals surface area (Å²) in [6.45, 7) is 0. The van der Waals surface area contributed by atoms with Gasteiger partial charge in [0.15, 0.2) is 0 Å². The van der Waals surface area contributed by atoms with Crippen LogP contribution in [-0.4, -0.2) is 19.2 Å². The first-order chi connectivity index (χ1) is 13.0. The zero-order valence-electron chi connectivity index (χ0n) is 13.7. The zero-order chi connectivity index (χ0) is 18.6. The van der Waals surface area contributed by atoms with Crippen molar-refractivity contribution in [3.05, 3.63) is 76.9 Å². The highest BCUT2D eigenvalue weighted by molar-refractivity contribution is 7.97. The van der Waals surface area contributed by atoms with E-state index in [0.29, 0.717) is 11.5 Å². The third-order valence-corrected chi connectivity index (χ3v) is 7.19. The fourth-order valence-corrected chi connectivity index (χ4v) is 5.57. The average Bonchev–Trinajstić information content (AvgIpc) is 3.29. The smallest absolute Gasteiger partial charge is 0.238 e. The van der Waals surface area contributed by atoms with Crippen LogP contribution in [0.3, 0.4) is 0 Å². The number of thiazole rings is 1. The molecular weight excluding hydrogens is 382 g/mol. The second kappa shape index (κ2) is 5.73. The maximum Gasteiger partial charge on any atom is 0.238 e. The van der Waals surface area contributed by atoms with Gasteiger partial charge in [0, 0.05) is 23.3 Å². The Hall–Kier alpha value is -3.03. The summed E-state index contributed by atoms with van der Waals surface area (Å²) < 4.78 is 31.8. The van der Waals surface area contributed by atoms with Gasteiger partial charge in [-0.2, -0.15) is 0 Å². The van der Waals surface area contributed by atoms with Crippen molar-refractivity contribution in [2.24, 2.45) is 0 Å². The SMILES string of the molecule is O=C1/C(=C\c2cc3sc(-c4ccccc4)nc3o2)S(=O)(=O)c2ccccc21. The van der Waals surface area contributed by atoms with E-state index in [1.54, 1.807) is 18.2 Å². The van der Waals surface area contributed by atoms with Crippen LogP contribution in [0.1, 0.15) is 16.1 Å². The molecule has 0 saturated carbocycles. The molecule has 1 aliphatic heterocycles. The molecule has 0 fully saturated rings. The first kappa shape index (κ1) is 16.2. The number of hydrogen-bond donors (Lipinski definition) is 0. The molecule has 3 heterocycles. The molecule has 4 aromatic rings. The van der Waals surface area contributed by atoms with E-state index >= 15 is 0 Å². The molecular formula is C20H11NO4S2. The third-order valence-electron chi connectivity index (χ3n) is 4.34. The predicted molar refractivity (Wildman–Crippen MR) is 103 cm³/mol. The van der Waals surface area contributed by atoms with Crippen molar-refractivity contribution in [3.63, 3.8) is 0 Å². The minimum absolute atomic E-state index is 0.0408. The number of allylic oxidation sites excluding steroid dienone is 1. The molecule has 0 saturated heterocycles. The second-order valence-electron chi connectivity index (χ2n) is 6.04. The molecule has 0 amide bonds. The lowest BCUT2D eigenvalue weighted by Gasteiger charge is -1.95. The van der Waals surface area contributed by atoms with E-state index in [-0.39, 0.29) is 15.4 Å². The van der Waals surface area contributed by atoms with E-state index in [1.807, 2.05) is 30.3 Å². The van der Waals surface area contributed by atoms with Crippen LogP contribution in [0.25, 0.3) is 27.1 Å². The van der Waals surface area contributed by atoms with Crippen molar-refractivity contribution >= 4 is 43.4 Å². The van der Waals surface area contributed by atoms with Crippen molar-refractivity contribution in [3.8, 4) is 10.6 Å². The molecule has 7 heteroatoms. The molecule has 2 aromatic carbocycles. The van der Waals surface area contributed by atoms with Crippen LogP contribution in [0.15, 0.2) is 74.9 Å². The third kappa shape index (κ3) is 2.47. The van der Waals surface area contributed by atoms with Crippen molar-refractivity contribution in [1.29, 1.82) is 0 Å². The molecule has 0 aliphatic carbocycles. The van der Waals surface area contributed by atoms with E-state index in [9.17, 15) is 13.2 Å². The fourth-order valence-electron chi connectivity index (χ4n) is 3.06. The molecule has 1 aliphatic rings. The van der Waals surface area contributed by atoms with E-state index in [0.717, 1.165) is 15.3 Å². The normalized spacial score (nSPS) is 16.9. The Morgan fingerprint density at radius 1 is 1.00 bits per heavy atom. The number of sulfone groups is 1. The van der Waals surface area contributed by atoms with Gasteiger partial charge >= 0.3 is 0 Å². The van der Waals surface area contributed by atoms with Crippen LogP contribution in [0, 0.1) is 0 Å². The number of benzene rings is 2. The number of ketones is 1. The van der Waals surface area contributed by atoms with Crippen molar-refractivity contribution in [1.82, 2.24) is 4.98 Å². The molecule has 0 bridgehead atoms. The molecule has 0 radical (unpaired) electrons. The largest absolute Gasteiger partial charge is 0.437 e. The summed E-state index contributed by atoms with van der Waals surface area (Å²) >= 11 is 1.45. The van der Waals surface area contributed by atoms with Gasteiger partial charge in [-0.3, -0.25) is 4.79 Å². The van der Waals surface area contributed by atoms with Crippen LogP contribution in [0.4, 0.5) is 0 Å². The highest BCUT2D eigenvalue weighted by atomic mass is 32.2. The quantitative estimate of drug-likeness (QED) is 0.466. The number of fused-ring (bicyclic) bond motifs is 2. The van der Waals surface area contributed by atoms with Crippen molar-refractivity contribution < 1.29 is 17.6 Å². The molecule has 0 N–H and O–H groups in total. The first-order valence-corrected chi connectivity index (χ1v) is 10.4. The predicted octanol–water partition coefficient (Wildman–Crippen LogP) is 4.57. The van der Waals surface area contributed by atoms with Gasteiger partial charge in [0.2, 0.25) is 21.3 Å². The zero-order valence-corrected chi connectivity index (χ0v) is 15.4. The second-order valence-corrected chi connectivity index (χ2v) is 8.96. The molecule has 2 aromatic heterocycles. The van der Waals surface area contributed by atoms with Crippen LogP contribution >= 0.6 is 11.3 Å². The number of aromatic nitrogens is 1. The van der Waals surface area contributed by atoms with Gasteiger partial charge in [0.25, 0.3) is 0 Å². The summed E-state index contributed by atoms with van der Waals surface area (Å²) in [6.07, 6.45) is 1.29. The Bertz CT molecular complexity index is 1310. The molecule has 5 nitrogen and oxygen atoms in total. The van der Waals surface area contributed by atoms with Crippen LogP contribution in [-0.2, 0) is 9.84 Å². The maximum atomic E-state index is 12.6. The average molecular weight is 393 g/mol. The molecule has 132 valence electrons. The van der Waals surface area contributed by atoms with Crippen LogP contribution < -0.4 is 0 Å². The summed E-state index contributed by atoms with van der Waals surface area (Å²) in [5.41, 5.74) is 1.60. The standard InChI is InChI=1S/C20H11NO4S2/c22-18-14-8-4-5-9-16(14)27(23,24)17(18)11-13-10-15-19(25-13)21-20(26-15)12-6-2-1-3-7-12/h1-11H/b17-11+. The molecule has 0 atom stereocenters. The van der Waals surface area contributed by atoms with Crippen LogP contribution in [0.5, 0.6) is 0 Å². The topological polar surface area (TPSA) is 77.2 Å². The summed E-state index contributed by atoms with van der Waals surface area (Å²) in [7, 11) is -3.83. The molecule has 0 spiro atoms. The van der Waals surface area contributed by atoms with Crippen molar-refractivity contribution in [2.75, 3.05) is 0 Å². The minimum Gasteiger partial charge on any atom is -0.437 e. The Morgan fingerprint density at radius 2 is 1.74 bits per heavy atom. The van der Waals surface area contributed by atoms with Gasteiger partial charge in [-0.15, -0.1) is 11.3 Å². The summed E-state index contributed by atoms with van der Waals surface area (Å²) in [6, 6.07) is 17.6. The minimum atomic E-state index is -3.83. The Labute approximate surface area is 158 Å². The van der Waals surface area contributed by atoms with E-state index < -0.39 is 15.6 Å². The number of Topliss-reactive ketones (excluding diaryl/α,β-unsaturated/α-hetero) is 1. The Kier molecular flexibility index (Phi) is 3.43. The van der Waals surface area contributed by atoms with E-state index in [1.165, 1.54) is 29.5 Å². The van der Waals surface area contributed by atoms with Gasteiger partial charge < -0.3 is 4.42 Å². The molecule has 0 unspecified atom stereocenters. The number of hydrogen-bond acceptors (Lipinski definition) is 6. The summed E-state index contributed by atoms with van der Waals surface area (Å²) in [5.74, 6) is -0.216. The van der Waals surface area contributed by atoms with Gasteiger partial charge in [0.05, 0.1) is 9.60 Å². The van der Waals surface area contributed by atoms with E-state index in [4.69, 9.17) is 4.42 Å². The molecule has 27 heavy (non-hydrogen) atoms. The fraction of sp³-hybridized carbons (Fsp3) is 0.